The third-order valence-electron chi connectivity index (χ3n) is 4.01. The van der Waals surface area contributed by atoms with Crippen molar-refractivity contribution in [2.45, 2.75) is 25.8 Å². The molecule has 0 saturated heterocycles. The third-order valence-corrected chi connectivity index (χ3v) is 4.99. The second kappa shape index (κ2) is 12.9. The molecule has 28 heavy (non-hydrogen) atoms. The summed E-state index contributed by atoms with van der Waals surface area (Å²) in [6.07, 6.45) is 2.40. The summed E-state index contributed by atoms with van der Waals surface area (Å²) in [6.45, 7) is 2.52. The van der Waals surface area contributed by atoms with Gasteiger partial charge in [0.1, 0.15) is 27.1 Å². The first-order chi connectivity index (χ1) is 12.7. The second-order valence-electron chi connectivity index (χ2n) is 6.22. The zero-order valence-electron chi connectivity index (χ0n) is 17.4. The van der Waals surface area contributed by atoms with Gasteiger partial charge in [-0.25, -0.2) is 8.42 Å². The monoisotopic (exact) mass is 529 g/mol. The van der Waals surface area contributed by atoms with E-state index < -0.39 is 9.84 Å². The average molecular weight is 529 g/mol. The maximum atomic E-state index is 11.3. The lowest BCUT2D eigenvalue weighted by Crippen LogP contribution is -2.43. The van der Waals surface area contributed by atoms with Gasteiger partial charge < -0.3 is 24.8 Å². The Morgan fingerprint density at radius 3 is 2.14 bits per heavy atom. The summed E-state index contributed by atoms with van der Waals surface area (Å²) < 4.78 is 38.7. The number of rotatable bonds is 10. The molecule has 1 aromatic carbocycles. The lowest BCUT2D eigenvalue weighted by atomic mass is 10.1. The van der Waals surface area contributed by atoms with E-state index in [0.29, 0.717) is 42.6 Å². The Kier molecular flexibility index (Phi) is 12.3. The summed E-state index contributed by atoms with van der Waals surface area (Å²) in [5, 5.41) is 6.42. The number of hydrogen-bond donors (Lipinski definition) is 2. The van der Waals surface area contributed by atoms with Crippen LogP contribution < -0.4 is 24.8 Å². The summed E-state index contributed by atoms with van der Waals surface area (Å²) in [5.74, 6) is 2.80. The van der Waals surface area contributed by atoms with Crippen LogP contribution in [0.25, 0.3) is 0 Å². The van der Waals surface area contributed by atoms with E-state index in [-0.39, 0.29) is 35.8 Å². The quantitative estimate of drug-likeness (QED) is 0.271. The normalized spacial score (nSPS) is 12.6. The van der Waals surface area contributed by atoms with E-state index in [9.17, 15) is 8.42 Å². The Balaban J connectivity index is 0.00000729. The lowest BCUT2D eigenvalue weighted by Gasteiger charge is -2.19. The molecule has 0 aliphatic rings. The number of guanidine groups is 1. The topological polar surface area (TPSA) is 98.2 Å². The van der Waals surface area contributed by atoms with Gasteiger partial charge in [-0.05, 0) is 19.8 Å². The Labute approximate surface area is 185 Å². The standard InChI is InChI=1S/C18H31N3O5S.HI/c1-13(8-10-27(6,22)23)21-18(19-2)20-9-7-15-16(25-4)11-14(24-3)12-17(15)26-5;/h11-13H,7-10H2,1-6H3,(H2,19,20,21);1H. The number of hydrogen-bond acceptors (Lipinski definition) is 6. The van der Waals surface area contributed by atoms with Crippen LogP contribution in [0.3, 0.4) is 0 Å². The van der Waals surface area contributed by atoms with E-state index in [1.807, 2.05) is 19.1 Å². The number of nitrogens with one attached hydrogen (secondary N) is 2. The molecule has 162 valence electrons. The zero-order chi connectivity index (χ0) is 20.4. The van der Waals surface area contributed by atoms with E-state index in [2.05, 4.69) is 15.6 Å². The smallest absolute Gasteiger partial charge is 0.191 e. The SMILES string of the molecule is CN=C(NCCc1c(OC)cc(OC)cc1OC)NC(C)CCS(C)(=O)=O.I. The number of nitrogens with zero attached hydrogens (tertiary/aromatic N) is 1. The highest BCUT2D eigenvalue weighted by atomic mass is 127. The van der Waals surface area contributed by atoms with Crippen molar-refractivity contribution < 1.29 is 22.6 Å². The van der Waals surface area contributed by atoms with Gasteiger partial charge in [0.15, 0.2) is 5.96 Å². The molecule has 0 radical (unpaired) electrons. The van der Waals surface area contributed by atoms with Crippen molar-refractivity contribution in [3.05, 3.63) is 17.7 Å². The Morgan fingerprint density at radius 1 is 1.14 bits per heavy atom. The fourth-order valence-corrected chi connectivity index (χ4v) is 3.30. The lowest BCUT2D eigenvalue weighted by molar-refractivity contribution is 0.368. The fourth-order valence-electron chi connectivity index (χ4n) is 2.52. The van der Waals surface area contributed by atoms with Gasteiger partial charge in [-0.3, -0.25) is 4.99 Å². The molecular formula is C18H32IN3O5S. The molecule has 0 bridgehead atoms. The summed E-state index contributed by atoms with van der Waals surface area (Å²) >= 11 is 0. The van der Waals surface area contributed by atoms with Crippen LogP contribution in [0.1, 0.15) is 18.9 Å². The minimum Gasteiger partial charge on any atom is -0.496 e. The highest BCUT2D eigenvalue weighted by molar-refractivity contribution is 14.0. The molecule has 0 aromatic heterocycles. The van der Waals surface area contributed by atoms with E-state index in [1.54, 1.807) is 28.4 Å². The van der Waals surface area contributed by atoms with Crippen molar-refractivity contribution in [3.8, 4) is 17.2 Å². The van der Waals surface area contributed by atoms with Crippen LogP contribution in [0.4, 0.5) is 0 Å². The van der Waals surface area contributed by atoms with Gasteiger partial charge in [0.05, 0.1) is 27.1 Å². The fraction of sp³-hybridized carbons (Fsp3) is 0.611. The van der Waals surface area contributed by atoms with Gasteiger partial charge >= 0.3 is 0 Å². The highest BCUT2D eigenvalue weighted by Gasteiger charge is 2.14. The number of methoxy groups -OCH3 is 3. The molecule has 1 unspecified atom stereocenters. The number of ether oxygens (including phenoxy) is 3. The molecular weight excluding hydrogens is 497 g/mol. The van der Waals surface area contributed by atoms with Crippen molar-refractivity contribution in [1.82, 2.24) is 10.6 Å². The highest BCUT2D eigenvalue weighted by Crippen LogP contribution is 2.34. The first kappa shape index (κ1) is 26.6. The maximum absolute atomic E-state index is 11.3. The molecule has 0 heterocycles. The number of sulfone groups is 1. The van der Waals surface area contributed by atoms with Gasteiger partial charge in [0.2, 0.25) is 0 Å². The molecule has 2 N–H and O–H groups in total. The number of aliphatic imine (C=N–C) groups is 1. The van der Waals surface area contributed by atoms with Crippen LogP contribution in [0, 0.1) is 0 Å². The van der Waals surface area contributed by atoms with Crippen molar-refractivity contribution in [2.75, 3.05) is 46.9 Å². The maximum Gasteiger partial charge on any atom is 0.191 e. The van der Waals surface area contributed by atoms with Crippen molar-refractivity contribution in [1.29, 1.82) is 0 Å². The van der Waals surface area contributed by atoms with Crippen LogP contribution in [0.15, 0.2) is 17.1 Å². The molecule has 10 heteroatoms. The van der Waals surface area contributed by atoms with Gasteiger partial charge in [0.25, 0.3) is 0 Å². The zero-order valence-corrected chi connectivity index (χ0v) is 20.5. The van der Waals surface area contributed by atoms with Crippen LogP contribution >= 0.6 is 24.0 Å². The van der Waals surface area contributed by atoms with Gasteiger partial charge in [-0.2, -0.15) is 0 Å². The Bertz CT molecular complexity index is 716. The Hall–Kier alpha value is -1.43. The first-order valence-corrected chi connectivity index (χ1v) is 10.7. The predicted octanol–water partition coefficient (Wildman–Crippen LogP) is 1.86. The molecule has 1 atom stereocenters. The molecule has 8 nitrogen and oxygen atoms in total. The average Bonchev–Trinajstić information content (AvgIpc) is 2.64. The first-order valence-electron chi connectivity index (χ1n) is 8.67. The molecule has 0 aliphatic heterocycles. The largest absolute Gasteiger partial charge is 0.496 e. The van der Waals surface area contributed by atoms with Crippen LogP contribution in [0.5, 0.6) is 17.2 Å². The summed E-state index contributed by atoms with van der Waals surface area (Å²) in [7, 11) is 3.51. The van der Waals surface area contributed by atoms with Crippen LogP contribution in [-0.4, -0.2) is 67.3 Å². The number of halogens is 1. The third kappa shape index (κ3) is 9.18. The molecule has 1 rings (SSSR count). The summed E-state index contributed by atoms with van der Waals surface area (Å²) in [6, 6.07) is 3.62. The van der Waals surface area contributed by atoms with Crippen LogP contribution in [-0.2, 0) is 16.3 Å². The van der Waals surface area contributed by atoms with Gasteiger partial charge in [-0.15, -0.1) is 24.0 Å². The second-order valence-corrected chi connectivity index (χ2v) is 8.48. The Morgan fingerprint density at radius 2 is 1.71 bits per heavy atom. The molecule has 1 aromatic rings. The van der Waals surface area contributed by atoms with E-state index in [0.717, 1.165) is 5.56 Å². The van der Waals surface area contributed by atoms with Crippen LogP contribution in [0.2, 0.25) is 0 Å². The molecule has 0 fully saturated rings. The summed E-state index contributed by atoms with van der Waals surface area (Å²) in [5.41, 5.74) is 0.925. The van der Waals surface area contributed by atoms with Crippen molar-refractivity contribution in [3.63, 3.8) is 0 Å². The van der Waals surface area contributed by atoms with Gasteiger partial charge in [0, 0.05) is 43.6 Å². The van der Waals surface area contributed by atoms with E-state index in [1.165, 1.54) is 6.26 Å². The molecule has 0 amide bonds. The minimum absolute atomic E-state index is 0. The summed E-state index contributed by atoms with van der Waals surface area (Å²) in [4.78, 5) is 4.18. The molecule has 0 aliphatic carbocycles. The van der Waals surface area contributed by atoms with E-state index in [4.69, 9.17) is 14.2 Å². The molecule has 0 saturated carbocycles. The van der Waals surface area contributed by atoms with E-state index >= 15 is 0 Å². The predicted molar refractivity (Wildman–Crippen MR) is 124 cm³/mol. The number of benzene rings is 1. The minimum atomic E-state index is -2.97. The van der Waals surface area contributed by atoms with Crippen molar-refractivity contribution in [2.24, 2.45) is 4.99 Å². The van der Waals surface area contributed by atoms with Crippen molar-refractivity contribution >= 4 is 39.8 Å². The molecule has 0 spiro atoms. The van der Waals surface area contributed by atoms with Gasteiger partial charge in [-0.1, -0.05) is 0 Å².